The molecule has 0 aromatic heterocycles. The highest BCUT2D eigenvalue weighted by atomic mass is 16.5. The van der Waals surface area contributed by atoms with Crippen LogP contribution in [0, 0.1) is 5.41 Å². The fourth-order valence-electron chi connectivity index (χ4n) is 1.85. The summed E-state index contributed by atoms with van der Waals surface area (Å²) in [6, 6.07) is 7.16. The van der Waals surface area contributed by atoms with E-state index < -0.39 is 0 Å². The summed E-state index contributed by atoms with van der Waals surface area (Å²) in [6.07, 6.45) is 1.95. The first-order valence-electron chi connectivity index (χ1n) is 6.91. The molecule has 2 N–H and O–H groups in total. The zero-order valence-corrected chi connectivity index (χ0v) is 11.7. The van der Waals surface area contributed by atoms with Crippen LogP contribution in [0.1, 0.15) is 19.8 Å². The molecule has 0 radical (unpaired) electrons. The van der Waals surface area contributed by atoms with Crippen molar-refractivity contribution in [1.29, 1.82) is 0 Å². The molecule has 5 heteroatoms. The molecule has 1 amide bonds. The maximum atomic E-state index is 11.6. The molecule has 1 aliphatic carbocycles. The summed E-state index contributed by atoms with van der Waals surface area (Å²) in [5.74, 6) is 1.24. The van der Waals surface area contributed by atoms with E-state index in [0.29, 0.717) is 18.9 Å². The average Bonchev–Trinajstić information content (AvgIpc) is 3.25. The lowest BCUT2D eigenvalue weighted by atomic mass is 10.1. The quantitative estimate of drug-likeness (QED) is 0.754. The minimum Gasteiger partial charge on any atom is -0.494 e. The second kappa shape index (κ2) is 6.61. The Balaban J connectivity index is 1.70. The Morgan fingerprint density at radius 1 is 1.25 bits per heavy atom. The molecule has 1 aliphatic rings. The minimum absolute atomic E-state index is 0.0184. The van der Waals surface area contributed by atoms with Crippen LogP contribution in [0.15, 0.2) is 24.3 Å². The van der Waals surface area contributed by atoms with Gasteiger partial charge in [-0.3, -0.25) is 4.79 Å². The molecule has 0 saturated heterocycles. The van der Waals surface area contributed by atoms with Crippen LogP contribution in [0.25, 0.3) is 0 Å². The number of nitrogens with one attached hydrogen (secondary N) is 1. The molecule has 1 fully saturated rings. The summed E-state index contributed by atoms with van der Waals surface area (Å²) in [5, 5.41) is 11.9. The first-order chi connectivity index (χ1) is 9.67. The number of hydrogen-bond donors (Lipinski definition) is 2. The Kier molecular flexibility index (Phi) is 4.84. The predicted molar refractivity (Wildman–Crippen MR) is 74.9 cm³/mol. The summed E-state index contributed by atoms with van der Waals surface area (Å²) in [5.41, 5.74) is -0.0746. The highest BCUT2D eigenvalue weighted by Gasteiger charge is 2.42. The van der Waals surface area contributed by atoms with Crippen LogP contribution >= 0.6 is 0 Å². The molecule has 0 unspecified atom stereocenters. The summed E-state index contributed by atoms with van der Waals surface area (Å²) in [6.45, 7) is 3.18. The number of hydrogen-bond acceptors (Lipinski definition) is 4. The lowest BCUT2D eigenvalue weighted by Crippen LogP contribution is -2.35. The van der Waals surface area contributed by atoms with Crippen molar-refractivity contribution in [1.82, 2.24) is 5.32 Å². The molecular weight excluding hydrogens is 258 g/mol. The van der Waals surface area contributed by atoms with Crippen LogP contribution in [0.5, 0.6) is 11.5 Å². The standard InChI is InChI=1S/C15H21NO4/c1-2-19-12-3-5-13(6-4-12)20-9-14(18)16-10-15(11-17)7-8-15/h3-6,17H,2,7-11H2,1H3,(H,16,18). The van der Waals surface area contributed by atoms with E-state index in [9.17, 15) is 4.79 Å². The molecule has 1 aromatic rings. The second-order valence-corrected chi connectivity index (χ2v) is 5.13. The van der Waals surface area contributed by atoms with Crippen molar-refractivity contribution in [3.63, 3.8) is 0 Å². The third-order valence-electron chi connectivity index (χ3n) is 3.46. The Hall–Kier alpha value is -1.75. The Labute approximate surface area is 118 Å². The van der Waals surface area contributed by atoms with Gasteiger partial charge >= 0.3 is 0 Å². The highest BCUT2D eigenvalue weighted by molar-refractivity contribution is 5.77. The van der Waals surface area contributed by atoms with E-state index in [1.807, 2.05) is 19.1 Å². The zero-order chi connectivity index (χ0) is 14.4. The Morgan fingerprint density at radius 3 is 2.35 bits per heavy atom. The van der Waals surface area contributed by atoms with Crippen molar-refractivity contribution in [3.8, 4) is 11.5 Å². The highest BCUT2D eigenvalue weighted by Crippen LogP contribution is 2.44. The van der Waals surface area contributed by atoms with Gasteiger partial charge in [0.1, 0.15) is 11.5 Å². The van der Waals surface area contributed by atoms with Crippen molar-refractivity contribution in [2.75, 3.05) is 26.4 Å². The fraction of sp³-hybridized carbons (Fsp3) is 0.533. The van der Waals surface area contributed by atoms with Crippen molar-refractivity contribution in [2.24, 2.45) is 5.41 Å². The van der Waals surface area contributed by atoms with Gasteiger partial charge in [0.25, 0.3) is 5.91 Å². The second-order valence-electron chi connectivity index (χ2n) is 5.13. The molecule has 1 saturated carbocycles. The molecule has 0 spiro atoms. The van der Waals surface area contributed by atoms with Crippen LogP contribution in [0.3, 0.4) is 0 Å². The normalized spacial score (nSPS) is 15.5. The smallest absolute Gasteiger partial charge is 0.257 e. The van der Waals surface area contributed by atoms with Crippen molar-refractivity contribution in [2.45, 2.75) is 19.8 Å². The van der Waals surface area contributed by atoms with Gasteiger partial charge in [-0.05, 0) is 44.0 Å². The largest absolute Gasteiger partial charge is 0.494 e. The molecule has 0 heterocycles. The zero-order valence-electron chi connectivity index (χ0n) is 11.7. The van der Waals surface area contributed by atoms with E-state index in [-0.39, 0.29) is 24.5 Å². The number of aliphatic hydroxyl groups is 1. The van der Waals surface area contributed by atoms with Gasteiger partial charge < -0.3 is 19.9 Å². The summed E-state index contributed by atoms with van der Waals surface area (Å²) >= 11 is 0. The molecule has 0 aliphatic heterocycles. The van der Waals surface area contributed by atoms with Crippen molar-refractivity contribution in [3.05, 3.63) is 24.3 Å². The van der Waals surface area contributed by atoms with E-state index >= 15 is 0 Å². The number of carbonyl (C=O) groups is 1. The van der Waals surface area contributed by atoms with Crippen molar-refractivity contribution >= 4 is 5.91 Å². The lowest BCUT2D eigenvalue weighted by molar-refractivity contribution is -0.123. The summed E-state index contributed by atoms with van der Waals surface area (Å²) in [7, 11) is 0. The lowest BCUT2D eigenvalue weighted by Gasteiger charge is -2.13. The third-order valence-corrected chi connectivity index (χ3v) is 3.46. The van der Waals surface area contributed by atoms with Gasteiger partial charge in [0.2, 0.25) is 0 Å². The van der Waals surface area contributed by atoms with Gasteiger partial charge in [0.15, 0.2) is 6.61 Å². The first kappa shape index (κ1) is 14.7. The molecule has 20 heavy (non-hydrogen) atoms. The predicted octanol–water partition coefficient (Wildman–Crippen LogP) is 1.35. The maximum absolute atomic E-state index is 11.6. The number of ether oxygens (including phenoxy) is 2. The van der Waals surface area contributed by atoms with Gasteiger partial charge in [-0.2, -0.15) is 0 Å². The van der Waals surface area contributed by atoms with Crippen LogP contribution in [-0.4, -0.2) is 37.4 Å². The van der Waals surface area contributed by atoms with Crippen molar-refractivity contribution < 1.29 is 19.4 Å². The van der Waals surface area contributed by atoms with Gasteiger partial charge in [-0.25, -0.2) is 0 Å². The van der Waals surface area contributed by atoms with Crippen LogP contribution in [0.4, 0.5) is 0 Å². The molecule has 110 valence electrons. The van der Waals surface area contributed by atoms with E-state index in [1.54, 1.807) is 12.1 Å². The topological polar surface area (TPSA) is 67.8 Å². The summed E-state index contributed by atoms with van der Waals surface area (Å²) < 4.78 is 10.7. The fourth-order valence-corrected chi connectivity index (χ4v) is 1.85. The van der Waals surface area contributed by atoms with E-state index in [4.69, 9.17) is 14.6 Å². The molecule has 5 nitrogen and oxygen atoms in total. The molecular formula is C15H21NO4. The molecule has 0 bridgehead atoms. The SMILES string of the molecule is CCOc1ccc(OCC(=O)NCC2(CO)CC2)cc1. The van der Waals surface area contributed by atoms with Gasteiger partial charge in [-0.15, -0.1) is 0 Å². The van der Waals surface area contributed by atoms with Crippen LogP contribution in [-0.2, 0) is 4.79 Å². The van der Waals surface area contributed by atoms with Gasteiger partial charge in [0, 0.05) is 12.0 Å². The van der Waals surface area contributed by atoms with E-state index in [0.717, 1.165) is 18.6 Å². The summed E-state index contributed by atoms with van der Waals surface area (Å²) in [4.78, 5) is 11.6. The monoisotopic (exact) mass is 279 g/mol. The van der Waals surface area contributed by atoms with Crippen LogP contribution in [0.2, 0.25) is 0 Å². The number of amides is 1. The Bertz CT molecular complexity index is 440. The number of benzene rings is 1. The Morgan fingerprint density at radius 2 is 1.85 bits per heavy atom. The van der Waals surface area contributed by atoms with Gasteiger partial charge in [-0.1, -0.05) is 0 Å². The third kappa shape index (κ3) is 4.13. The number of carbonyl (C=O) groups excluding carboxylic acids is 1. The number of rotatable bonds is 8. The molecule has 2 rings (SSSR count). The maximum Gasteiger partial charge on any atom is 0.257 e. The minimum atomic E-state index is -0.168. The van der Waals surface area contributed by atoms with E-state index in [1.165, 1.54) is 0 Å². The average molecular weight is 279 g/mol. The first-order valence-corrected chi connectivity index (χ1v) is 6.91. The van der Waals surface area contributed by atoms with Crippen LogP contribution < -0.4 is 14.8 Å². The van der Waals surface area contributed by atoms with Gasteiger partial charge in [0.05, 0.1) is 13.2 Å². The molecule has 0 atom stereocenters. The number of aliphatic hydroxyl groups excluding tert-OH is 1. The molecule has 1 aromatic carbocycles. The van der Waals surface area contributed by atoms with E-state index in [2.05, 4.69) is 5.32 Å².